The molecule has 1 aliphatic carbocycles. The highest BCUT2D eigenvalue weighted by atomic mass is 16.5. The summed E-state index contributed by atoms with van der Waals surface area (Å²) in [6.07, 6.45) is 6.61. The molecule has 1 aromatic rings. The van der Waals surface area contributed by atoms with Crippen LogP contribution in [0.15, 0.2) is 0 Å². The lowest BCUT2D eigenvalue weighted by Crippen LogP contribution is -2.34. The number of hydrogen-bond acceptors (Lipinski definition) is 4. The molecule has 20 heavy (non-hydrogen) atoms. The third-order valence-electron chi connectivity index (χ3n) is 4.24. The van der Waals surface area contributed by atoms with Gasteiger partial charge in [-0.15, -0.1) is 0 Å². The first-order valence-corrected chi connectivity index (χ1v) is 7.58. The molecular weight excluding hydrogens is 254 g/mol. The molecule has 5 heteroatoms. The van der Waals surface area contributed by atoms with E-state index in [1.165, 1.54) is 19.3 Å². The van der Waals surface area contributed by atoms with Crippen LogP contribution in [0, 0.1) is 0 Å². The lowest BCUT2D eigenvalue weighted by molar-refractivity contribution is 0.0521. The van der Waals surface area contributed by atoms with Gasteiger partial charge in [0.05, 0.1) is 6.61 Å². The van der Waals surface area contributed by atoms with Crippen molar-refractivity contribution in [2.24, 2.45) is 0 Å². The van der Waals surface area contributed by atoms with Gasteiger partial charge < -0.3 is 15.0 Å². The summed E-state index contributed by atoms with van der Waals surface area (Å²) >= 11 is 0. The summed E-state index contributed by atoms with van der Waals surface area (Å²) in [6.45, 7) is 6.38. The van der Waals surface area contributed by atoms with Crippen LogP contribution in [-0.4, -0.2) is 22.1 Å². The third-order valence-corrected chi connectivity index (χ3v) is 4.24. The number of nitrogens with two attached hydrogens (primary N) is 1. The number of anilines is 1. The van der Waals surface area contributed by atoms with Crippen molar-refractivity contribution < 1.29 is 9.53 Å². The molecule has 2 rings (SSSR count). The van der Waals surface area contributed by atoms with Crippen molar-refractivity contribution in [1.82, 2.24) is 9.55 Å². The number of carbonyl (C=O) groups is 1. The largest absolute Gasteiger partial charge is 0.461 e. The highest BCUT2D eigenvalue weighted by Gasteiger charge is 2.34. The summed E-state index contributed by atoms with van der Waals surface area (Å²) < 4.78 is 7.13. The second kappa shape index (κ2) is 5.85. The predicted octanol–water partition coefficient (Wildman–Crippen LogP) is 2.88. The van der Waals surface area contributed by atoms with Crippen LogP contribution in [-0.2, 0) is 16.7 Å². The average Bonchev–Trinajstić information content (AvgIpc) is 2.77. The summed E-state index contributed by atoms with van der Waals surface area (Å²) in [5.41, 5.74) is 6.48. The van der Waals surface area contributed by atoms with Crippen LogP contribution in [0.5, 0.6) is 0 Å². The Balaban J connectivity index is 2.44. The minimum atomic E-state index is -0.419. The second-order valence-corrected chi connectivity index (χ2v) is 5.73. The number of aryl methyl sites for hydroxylation is 1. The minimum absolute atomic E-state index is 0.0224. The van der Waals surface area contributed by atoms with Crippen LogP contribution in [0.25, 0.3) is 0 Å². The van der Waals surface area contributed by atoms with Gasteiger partial charge >= 0.3 is 5.97 Å². The smallest absolute Gasteiger partial charge is 0.360 e. The molecule has 0 spiro atoms. The first-order valence-electron chi connectivity index (χ1n) is 7.58. The number of hydrogen-bond donors (Lipinski definition) is 1. The van der Waals surface area contributed by atoms with Crippen molar-refractivity contribution in [3.05, 3.63) is 11.5 Å². The van der Waals surface area contributed by atoms with Gasteiger partial charge in [-0.05, 0) is 26.7 Å². The summed E-state index contributed by atoms with van der Waals surface area (Å²) in [4.78, 5) is 16.4. The molecule has 2 N–H and O–H groups in total. The molecule has 112 valence electrons. The van der Waals surface area contributed by atoms with Gasteiger partial charge in [0, 0.05) is 12.0 Å². The van der Waals surface area contributed by atoms with Crippen molar-refractivity contribution in [2.45, 2.75) is 64.8 Å². The molecule has 5 nitrogen and oxygen atoms in total. The molecule has 1 aromatic heterocycles. The normalized spacial score (nSPS) is 17.9. The van der Waals surface area contributed by atoms with Crippen molar-refractivity contribution in [3.63, 3.8) is 0 Å². The van der Waals surface area contributed by atoms with Crippen LogP contribution in [0.3, 0.4) is 0 Å². The van der Waals surface area contributed by atoms with Crippen LogP contribution < -0.4 is 5.73 Å². The van der Waals surface area contributed by atoms with Gasteiger partial charge in [-0.1, -0.05) is 26.2 Å². The zero-order chi connectivity index (χ0) is 14.8. The fourth-order valence-electron chi connectivity index (χ4n) is 3.21. The quantitative estimate of drug-likeness (QED) is 0.860. The maximum absolute atomic E-state index is 12.0. The number of carbonyl (C=O) groups excluding carboxylic acids is 1. The van der Waals surface area contributed by atoms with E-state index in [9.17, 15) is 4.79 Å². The van der Waals surface area contributed by atoms with E-state index in [0.29, 0.717) is 12.4 Å². The zero-order valence-electron chi connectivity index (χ0n) is 12.7. The van der Waals surface area contributed by atoms with E-state index >= 15 is 0 Å². The van der Waals surface area contributed by atoms with Crippen molar-refractivity contribution >= 4 is 11.8 Å². The lowest BCUT2D eigenvalue weighted by atomic mass is 9.83. The Kier molecular flexibility index (Phi) is 4.35. The van der Waals surface area contributed by atoms with E-state index in [-0.39, 0.29) is 11.2 Å². The van der Waals surface area contributed by atoms with E-state index < -0.39 is 5.97 Å². The number of nitrogen functional groups attached to an aromatic ring is 1. The Hall–Kier alpha value is -1.52. The molecule has 0 radical (unpaired) electrons. The number of nitrogens with zero attached hydrogens (tertiary/aromatic N) is 2. The molecule has 0 atom stereocenters. The Morgan fingerprint density at radius 2 is 2.00 bits per heavy atom. The number of ether oxygens (including phenoxy) is 1. The maximum Gasteiger partial charge on any atom is 0.360 e. The fraction of sp³-hybridized carbons (Fsp3) is 0.733. The number of aromatic nitrogens is 2. The van der Waals surface area contributed by atoms with Crippen molar-refractivity contribution in [1.29, 1.82) is 0 Å². The van der Waals surface area contributed by atoms with E-state index in [1.54, 1.807) is 6.92 Å². The lowest BCUT2D eigenvalue weighted by Gasteiger charge is -2.37. The maximum atomic E-state index is 12.0. The molecule has 0 aromatic carbocycles. The molecule has 1 fully saturated rings. The van der Waals surface area contributed by atoms with E-state index in [4.69, 9.17) is 10.5 Å². The molecule has 0 unspecified atom stereocenters. The Labute approximate surface area is 120 Å². The summed E-state index contributed by atoms with van der Waals surface area (Å²) in [5, 5.41) is 0. The van der Waals surface area contributed by atoms with Crippen molar-refractivity contribution in [3.8, 4) is 0 Å². The predicted molar refractivity (Wildman–Crippen MR) is 78.7 cm³/mol. The molecule has 0 aliphatic heterocycles. The average molecular weight is 279 g/mol. The Morgan fingerprint density at radius 1 is 1.35 bits per heavy atom. The van der Waals surface area contributed by atoms with Gasteiger partial charge in [0.1, 0.15) is 11.6 Å². The van der Waals surface area contributed by atoms with E-state index in [0.717, 1.165) is 25.1 Å². The van der Waals surface area contributed by atoms with Gasteiger partial charge in [-0.3, -0.25) is 0 Å². The van der Waals surface area contributed by atoms with Gasteiger partial charge in [-0.25, -0.2) is 9.78 Å². The van der Waals surface area contributed by atoms with Gasteiger partial charge in [0.15, 0.2) is 5.69 Å². The number of imidazole rings is 1. The first kappa shape index (κ1) is 14.9. The summed E-state index contributed by atoms with van der Waals surface area (Å²) in [7, 11) is 0. The number of rotatable bonds is 4. The number of esters is 1. The van der Waals surface area contributed by atoms with E-state index in [1.807, 2.05) is 6.92 Å². The van der Waals surface area contributed by atoms with Crippen molar-refractivity contribution in [2.75, 3.05) is 12.3 Å². The third kappa shape index (κ3) is 2.53. The fourth-order valence-corrected chi connectivity index (χ4v) is 3.21. The monoisotopic (exact) mass is 279 g/mol. The SMILES string of the molecule is CCOC(=O)c1nc(CC)n(C2(C)CCCCC2)c1N. The Morgan fingerprint density at radius 3 is 2.55 bits per heavy atom. The molecular formula is C15H25N3O2. The molecule has 1 saturated carbocycles. The summed E-state index contributed by atoms with van der Waals surface area (Å²) in [5.74, 6) is 0.928. The topological polar surface area (TPSA) is 70.1 Å². The molecule has 1 heterocycles. The van der Waals surface area contributed by atoms with Crippen LogP contribution in [0.4, 0.5) is 5.82 Å². The van der Waals surface area contributed by atoms with Gasteiger partial charge in [0.2, 0.25) is 0 Å². The second-order valence-electron chi connectivity index (χ2n) is 5.73. The van der Waals surface area contributed by atoms with Crippen LogP contribution in [0.2, 0.25) is 0 Å². The molecule has 0 saturated heterocycles. The summed E-state index contributed by atoms with van der Waals surface area (Å²) in [6, 6.07) is 0. The van der Waals surface area contributed by atoms with Gasteiger partial charge in [-0.2, -0.15) is 0 Å². The Bertz CT molecular complexity index is 488. The zero-order valence-corrected chi connectivity index (χ0v) is 12.7. The molecule has 0 bridgehead atoms. The van der Waals surface area contributed by atoms with Gasteiger partial charge in [0.25, 0.3) is 0 Å². The molecule has 0 amide bonds. The minimum Gasteiger partial charge on any atom is -0.461 e. The van der Waals surface area contributed by atoms with Crippen LogP contribution >= 0.6 is 0 Å². The van der Waals surface area contributed by atoms with Crippen LogP contribution in [0.1, 0.15) is 69.2 Å². The van der Waals surface area contributed by atoms with E-state index in [2.05, 4.69) is 16.5 Å². The highest BCUT2D eigenvalue weighted by Crippen LogP contribution is 2.38. The first-order chi connectivity index (χ1) is 9.53. The highest BCUT2D eigenvalue weighted by molar-refractivity contribution is 5.92. The standard InChI is InChI=1S/C15H25N3O2/c1-4-11-17-12(14(19)20-5-2)13(16)18(11)15(3)9-7-6-8-10-15/h4-10,16H2,1-3H3. The molecule has 1 aliphatic rings.